The zero-order chi connectivity index (χ0) is 13.9. The fourth-order valence-corrected chi connectivity index (χ4v) is 2.43. The minimum Gasteiger partial charge on any atom is -0.326 e. The lowest BCUT2D eigenvalue weighted by atomic mass is 10.1. The summed E-state index contributed by atoms with van der Waals surface area (Å²) in [6.45, 7) is 2.23. The number of hydrogen-bond acceptors (Lipinski definition) is 1. The summed E-state index contributed by atoms with van der Waals surface area (Å²) >= 11 is 3.39. The second-order valence-electron chi connectivity index (χ2n) is 4.93. The van der Waals surface area contributed by atoms with Gasteiger partial charge in [0.25, 0.3) is 0 Å². The molecule has 0 heterocycles. The van der Waals surface area contributed by atoms with E-state index in [9.17, 15) is 4.79 Å². The Morgan fingerprint density at radius 1 is 1.11 bits per heavy atom. The van der Waals surface area contributed by atoms with Crippen molar-refractivity contribution in [3.63, 3.8) is 0 Å². The molecule has 0 saturated heterocycles. The Morgan fingerprint density at radius 3 is 2.47 bits per heavy atom. The van der Waals surface area contributed by atoms with Gasteiger partial charge in [0.1, 0.15) is 0 Å². The number of carbonyl (C=O) groups is 1. The summed E-state index contributed by atoms with van der Waals surface area (Å²) in [5, 5.41) is 2.93. The van der Waals surface area contributed by atoms with E-state index < -0.39 is 0 Å². The number of nitrogens with one attached hydrogen (secondary N) is 1. The van der Waals surface area contributed by atoms with Gasteiger partial charge in [-0.25, -0.2) is 0 Å². The van der Waals surface area contributed by atoms with Crippen LogP contribution in [0.2, 0.25) is 0 Å². The maximum atomic E-state index is 11.7. The van der Waals surface area contributed by atoms with Crippen LogP contribution in [0.1, 0.15) is 58.3 Å². The first-order chi connectivity index (χ1) is 9.22. The second-order valence-corrected chi connectivity index (χ2v) is 5.85. The van der Waals surface area contributed by atoms with E-state index in [1.54, 1.807) is 0 Å². The second kappa shape index (κ2) is 10.0. The van der Waals surface area contributed by atoms with Gasteiger partial charge in [-0.05, 0) is 24.6 Å². The van der Waals surface area contributed by atoms with Crippen molar-refractivity contribution in [1.29, 1.82) is 0 Å². The smallest absolute Gasteiger partial charge is 0.224 e. The van der Waals surface area contributed by atoms with Crippen molar-refractivity contribution in [3.8, 4) is 0 Å². The van der Waals surface area contributed by atoms with Gasteiger partial charge in [0, 0.05) is 16.6 Å². The molecule has 3 heteroatoms. The van der Waals surface area contributed by atoms with Gasteiger partial charge in [0.05, 0.1) is 0 Å². The highest BCUT2D eigenvalue weighted by atomic mass is 79.9. The Balaban J connectivity index is 2.08. The topological polar surface area (TPSA) is 29.1 Å². The quantitative estimate of drug-likeness (QED) is 0.594. The van der Waals surface area contributed by atoms with E-state index in [0.717, 1.165) is 23.0 Å². The molecule has 0 fully saturated rings. The zero-order valence-corrected chi connectivity index (χ0v) is 13.3. The summed E-state index contributed by atoms with van der Waals surface area (Å²) in [6.07, 6.45) is 9.30. The van der Waals surface area contributed by atoms with Gasteiger partial charge in [-0.2, -0.15) is 0 Å². The molecule has 0 unspecified atom stereocenters. The lowest BCUT2D eigenvalue weighted by Crippen LogP contribution is -2.10. The number of amides is 1. The maximum Gasteiger partial charge on any atom is 0.224 e. The average Bonchev–Trinajstić information content (AvgIpc) is 2.37. The van der Waals surface area contributed by atoms with Crippen molar-refractivity contribution in [2.24, 2.45) is 0 Å². The summed E-state index contributed by atoms with van der Waals surface area (Å²) in [6, 6.07) is 7.70. The van der Waals surface area contributed by atoms with Gasteiger partial charge in [0.15, 0.2) is 0 Å². The minimum absolute atomic E-state index is 0.117. The molecular weight excluding hydrogens is 302 g/mol. The van der Waals surface area contributed by atoms with Crippen molar-refractivity contribution in [2.75, 3.05) is 5.32 Å². The molecule has 19 heavy (non-hydrogen) atoms. The number of anilines is 1. The Kier molecular flexibility index (Phi) is 8.55. The predicted octanol–water partition coefficient (Wildman–Crippen LogP) is 5.53. The molecule has 0 bridgehead atoms. The van der Waals surface area contributed by atoms with E-state index in [2.05, 4.69) is 28.2 Å². The maximum absolute atomic E-state index is 11.7. The number of carbonyl (C=O) groups excluding carboxylic acids is 1. The number of hydrogen-bond donors (Lipinski definition) is 1. The lowest BCUT2D eigenvalue weighted by molar-refractivity contribution is -0.116. The van der Waals surface area contributed by atoms with Crippen LogP contribution in [0, 0.1) is 0 Å². The Morgan fingerprint density at radius 2 is 1.79 bits per heavy atom. The molecule has 1 aromatic carbocycles. The predicted molar refractivity (Wildman–Crippen MR) is 85.4 cm³/mol. The molecule has 1 N–H and O–H groups in total. The van der Waals surface area contributed by atoms with Crippen molar-refractivity contribution in [3.05, 3.63) is 28.7 Å². The molecule has 0 aliphatic heterocycles. The summed E-state index contributed by atoms with van der Waals surface area (Å²) in [5.74, 6) is 0.117. The first kappa shape index (κ1) is 16.2. The first-order valence-corrected chi connectivity index (χ1v) is 8.07. The third-order valence-corrected chi connectivity index (χ3v) is 3.61. The number of halogens is 1. The molecule has 1 rings (SSSR count). The summed E-state index contributed by atoms with van der Waals surface area (Å²) in [4.78, 5) is 11.7. The lowest BCUT2D eigenvalue weighted by Gasteiger charge is -2.05. The molecule has 0 spiro atoms. The van der Waals surface area contributed by atoms with Crippen LogP contribution in [-0.4, -0.2) is 5.91 Å². The van der Waals surface area contributed by atoms with Crippen molar-refractivity contribution < 1.29 is 4.79 Å². The van der Waals surface area contributed by atoms with Crippen molar-refractivity contribution in [2.45, 2.75) is 58.3 Å². The van der Waals surface area contributed by atoms with Gasteiger partial charge < -0.3 is 5.32 Å². The number of rotatable bonds is 9. The fraction of sp³-hybridized carbons (Fsp3) is 0.562. The standard InChI is InChI=1S/C16H24BrNO/c1-2-3-4-5-6-7-8-12-16(19)18-15-11-9-10-14(17)13-15/h9-11,13H,2-8,12H2,1H3,(H,18,19). The van der Waals surface area contributed by atoms with E-state index in [1.165, 1.54) is 32.1 Å². The van der Waals surface area contributed by atoms with Crippen LogP contribution in [0.3, 0.4) is 0 Å². The highest BCUT2D eigenvalue weighted by Gasteiger charge is 2.02. The van der Waals surface area contributed by atoms with Gasteiger partial charge in [-0.3, -0.25) is 4.79 Å². The molecule has 1 amide bonds. The van der Waals surface area contributed by atoms with Crippen molar-refractivity contribution in [1.82, 2.24) is 0 Å². The molecule has 1 aromatic rings. The van der Waals surface area contributed by atoms with Gasteiger partial charge in [-0.15, -0.1) is 0 Å². The monoisotopic (exact) mass is 325 g/mol. The minimum atomic E-state index is 0.117. The molecule has 106 valence electrons. The van der Waals surface area contributed by atoms with Gasteiger partial charge in [0.2, 0.25) is 5.91 Å². The van der Waals surface area contributed by atoms with Crippen LogP contribution in [0.15, 0.2) is 28.7 Å². The molecule has 0 atom stereocenters. The summed E-state index contributed by atoms with van der Waals surface area (Å²) < 4.78 is 0.987. The third-order valence-electron chi connectivity index (χ3n) is 3.12. The van der Waals surface area contributed by atoms with E-state index in [0.29, 0.717) is 6.42 Å². The number of benzene rings is 1. The average molecular weight is 326 g/mol. The Hall–Kier alpha value is -0.830. The van der Waals surface area contributed by atoms with Crippen LogP contribution < -0.4 is 5.32 Å². The zero-order valence-electron chi connectivity index (χ0n) is 11.8. The van der Waals surface area contributed by atoms with Crippen LogP contribution >= 0.6 is 15.9 Å². The van der Waals surface area contributed by atoms with Gasteiger partial charge in [-0.1, -0.05) is 67.4 Å². The highest BCUT2D eigenvalue weighted by molar-refractivity contribution is 9.10. The largest absolute Gasteiger partial charge is 0.326 e. The molecule has 0 aromatic heterocycles. The fourth-order valence-electron chi connectivity index (χ4n) is 2.03. The molecule has 0 aliphatic rings. The Bertz CT molecular complexity index is 379. The van der Waals surface area contributed by atoms with Crippen LogP contribution in [0.25, 0.3) is 0 Å². The molecule has 0 radical (unpaired) electrons. The summed E-state index contributed by atoms with van der Waals surface area (Å²) in [7, 11) is 0. The van der Waals surface area contributed by atoms with Crippen LogP contribution in [0.4, 0.5) is 5.69 Å². The van der Waals surface area contributed by atoms with E-state index in [4.69, 9.17) is 0 Å². The highest BCUT2D eigenvalue weighted by Crippen LogP contribution is 2.16. The Labute approximate surface area is 125 Å². The molecule has 0 saturated carbocycles. The molecular formula is C16H24BrNO. The molecule has 2 nitrogen and oxygen atoms in total. The van der Waals surface area contributed by atoms with E-state index >= 15 is 0 Å². The van der Waals surface area contributed by atoms with Gasteiger partial charge >= 0.3 is 0 Å². The number of unbranched alkanes of at least 4 members (excludes halogenated alkanes) is 6. The van der Waals surface area contributed by atoms with Crippen molar-refractivity contribution >= 4 is 27.5 Å². The summed E-state index contributed by atoms with van der Waals surface area (Å²) in [5.41, 5.74) is 0.863. The van der Waals surface area contributed by atoms with E-state index in [1.807, 2.05) is 24.3 Å². The van der Waals surface area contributed by atoms with E-state index in [-0.39, 0.29) is 5.91 Å². The SMILES string of the molecule is CCCCCCCCCC(=O)Nc1cccc(Br)c1. The first-order valence-electron chi connectivity index (χ1n) is 7.28. The van der Waals surface area contributed by atoms with Crippen LogP contribution in [-0.2, 0) is 4.79 Å². The van der Waals surface area contributed by atoms with Crippen LogP contribution in [0.5, 0.6) is 0 Å². The normalized spacial score (nSPS) is 10.4. The molecule has 0 aliphatic carbocycles. The third kappa shape index (κ3) is 8.04.